The van der Waals surface area contributed by atoms with Crippen molar-refractivity contribution in [3.05, 3.63) is 65.9 Å². The molecule has 0 saturated heterocycles. The summed E-state index contributed by atoms with van der Waals surface area (Å²) in [5, 5.41) is 11.6. The maximum atomic E-state index is 10.8. The fourth-order valence-corrected chi connectivity index (χ4v) is 2.05. The number of carbonyl (C=O) groups is 1. The van der Waals surface area contributed by atoms with Crippen molar-refractivity contribution in [2.24, 2.45) is 0 Å². The summed E-state index contributed by atoms with van der Waals surface area (Å²) in [6.07, 6.45) is 0. The fourth-order valence-electron chi connectivity index (χ4n) is 2.05. The molecule has 0 atom stereocenters. The van der Waals surface area contributed by atoms with Crippen LogP contribution in [0.4, 0.5) is 0 Å². The zero-order valence-electron chi connectivity index (χ0n) is 10.6. The van der Waals surface area contributed by atoms with Gasteiger partial charge in [-0.3, -0.25) is 0 Å². The van der Waals surface area contributed by atoms with E-state index >= 15 is 0 Å². The molecule has 2 aromatic carbocycles. The van der Waals surface area contributed by atoms with Gasteiger partial charge in [0.1, 0.15) is 12.4 Å². The summed E-state index contributed by atoms with van der Waals surface area (Å²) in [6, 6.07) is 16.8. The van der Waals surface area contributed by atoms with E-state index in [1.165, 1.54) is 0 Å². The molecule has 3 aromatic rings. The van der Waals surface area contributed by atoms with E-state index in [4.69, 9.17) is 4.74 Å². The molecule has 4 nitrogen and oxygen atoms in total. The van der Waals surface area contributed by atoms with E-state index in [1.54, 1.807) is 12.1 Å². The normalized spacial score (nSPS) is 10.6. The highest BCUT2D eigenvalue weighted by molar-refractivity contribution is 5.93. The van der Waals surface area contributed by atoms with Crippen molar-refractivity contribution in [3.63, 3.8) is 0 Å². The van der Waals surface area contributed by atoms with Crippen LogP contribution in [0.5, 0.6) is 5.75 Å². The molecule has 20 heavy (non-hydrogen) atoms. The molecule has 0 saturated carbocycles. The Hall–Kier alpha value is -2.75. The van der Waals surface area contributed by atoms with Crippen LogP contribution in [0, 0.1) is 0 Å². The molecule has 0 radical (unpaired) electrons. The molecule has 1 aromatic heterocycles. The molecule has 0 aliphatic rings. The first-order chi connectivity index (χ1) is 9.72. The fraction of sp³-hybridized carbons (Fsp3) is 0.0625. The molecule has 0 fully saturated rings. The number of benzene rings is 2. The number of nitrogens with one attached hydrogen (secondary N) is 1. The number of hydrogen-bond acceptors (Lipinski definition) is 3. The number of aromatic carboxylic acids is 1. The first-order valence-electron chi connectivity index (χ1n) is 6.23. The molecule has 3 rings (SSSR count). The molecular weight excluding hydrogens is 254 g/mol. The largest absolute Gasteiger partial charge is 0.543 e. The van der Waals surface area contributed by atoms with Crippen LogP contribution >= 0.6 is 0 Å². The highest BCUT2D eigenvalue weighted by Crippen LogP contribution is 2.22. The average Bonchev–Trinajstić information content (AvgIpc) is 2.89. The minimum Gasteiger partial charge on any atom is -0.543 e. The molecule has 0 spiro atoms. The molecule has 1 heterocycles. The number of ether oxygens (including phenoxy) is 1. The van der Waals surface area contributed by atoms with Crippen molar-refractivity contribution in [1.82, 2.24) is 4.98 Å². The Morgan fingerprint density at radius 3 is 2.65 bits per heavy atom. The minimum atomic E-state index is -1.21. The van der Waals surface area contributed by atoms with Crippen LogP contribution in [-0.4, -0.2) is 11.0 Å². The zero-order valence-corrected chi connectivity index (χ0v) is 10.6. The Bertz CT molecular complexity index is 747. The van der Waals surface area contributed by atoms with Gasteiger partial charge in [0.15, 0.2) is 0 Å². The number of aromatic amines is 1. The van der Waals surface area contributed by atoms with Gasteiger partial charge in [0.05, 0.1) is 11.7 Å². The highest BCUT2D eigenvalue weighted by atomic mass is 16.5. The topological polar surface area (TPSA) is 65.2 Å². The molecule has 0 bridgehead atoms. The second-order valence-electron chi connectivity index (χ2n) is 4.49. The second kappa shape index (κ2) is 5.09. The lowest BCUT2D eigenvalue weighted by Crippen LogP contribution is -2.22. The second-order valence-corrected chi connectivity index (χ2v) is 4.49. The number of fused-ring (bicyclic) bond motifs is 1. The number of carbonyl (C=O) groups excluding carboxylic acids is 1. The van der Waals surface area contributed by atoms with Crippen molar-refractivity contribution in [1.29, 1.82) is 0 Å². The van der Waals surface area contributed by atoms with Crippen LogP contribution in [0.15, 0.2) is 54.6 Å². The van der Waals surface area contributed by atoms with Crippen LogP contribution < -0.4 is 9.84 Å². The number of rotatable bonds is 4. The maximum Gasteiger partial charge on any atom is 0.121 e. The van der Waals surface area contributed by atoms with Gasteiger partial charge in [-0.15, -0.1) is 0 Å². The smallest absolute Gasteiger partial charge is 0.121 e. The minimum absolute atomic E-state index is 0.0696. The van der Waals surface area contributed by atoms with Gasteiger partial charge in [-0.05, 0) is 23.8 Å². The molecule has 0 aliphatic heterocycles. The summed E-state index contributed by atoms with van der Waals surface area (Å²) < 4.78 is 5.69. The van der Waals surface area contributed by atoms with Crippen LogP contribution in [0.25, 0.3) is 10.9 Å². The lowest BCUT2D eigenvalue weighted by Gasteiger charge is -2.06. The summed E-state index contributed by atoms with van der Waals surface area (Å²) in [4.78, 5) is 13.6. The molecule has 0 unspecified atom stereocenters. The Balaban J connectivity index is 1.80. The average molecular weight is 266 g/mol. The van der Waals surface area contributed by atoms with E-state index in [2.05, 4.69) is 4.98 Å². The zero-order chi connectivity index (χ0) is 13.9. The summed E-state index contributed by atoms with van der Waals surface area (Å²) in [5.41, 5.74) is 1.87. The predicted molar refractivity (Wildman–Crippen MR) is 73.4 cm³/mol. The summed E-state index contributed by atoms with van der Waals surface area (Å²) >= 11 is 0. The standard InChI is InChI=1S/C16H13NO3/c18-16(19)15-8-12-6-7-13(9-14(12)17-15)20-10-11-4-2-1-3-5-11/h1-9,17H,10H2,(H,18,19)/p-1. The van der Waals surface area contributed by atoms with Crippen molar-refractivity contribution in [3.8, 4) is 5.75 Å². The molecule has 4 heteroatoms. The van der Waals surface area contributed by atoms with Gasteiger partial charge in [0, 0.05) is 17.0 Å². The Morgan fingerprint density at radius 2 is 1.90 bits per heavy atom. The third-order valence-electron chi connectivity index (χ3n) is 3.06. The van der Waals surface area contributed by atoms with Crippen molar-refractivity contribution >= 4 is 16.9 Å². The van der Waals surface area contributed by atoms with E-state index in [0.717, 1.165) is 16.5 Å². The van der Waals surface area contributed by atoms with Gasteiger partial charge in [-0.1, -0.05) is 30.3 Å². The van der Waals surface area contributed by atoms with Crippen molar-refractivity contribution in [2.45, 2.75) is 6.61 Å². The van der Waals surface area contributed by atoms with Gasteiger partial charge in [0.25, 0.3) is 0 Å². The van der Waals surface area contributed by atoms with Crippen molar-refractivity contribution < 1.29 is 14.6 Å². The first-order valence-corrected chi connectivity index (χ1v) is 6.23. The van der Waals surface area contributed by atoms with E-state index in [0.29, 0.717) is 12.4 Å². The van der Waals surface area contributed by atoms with Gasteiger partial charge in [0.2, 0.25) is 0 Å². The molecule has 0 aliphatic carbocycles. The number of carboxylic acids is 1. The molecule has 0 amide bonds. The first kappa shape index (κ1) is 12.3. The third kappa shape index (κ3) is 2.49. The third-order valence-corrected chi connectivity index (χ3v) is 3.06. The van der Waals surface area contributed by atoms with Gasteiger partial charge >= 0.3 is 0 Å². The van der Waals surface area contributed by atoms with Crippen molar-refractivity contribution in [2.75, 3.05) is 0 Å². The predicted octanol–water partition coefficient (Wildman–Crippen LogP) is 2.11. The van der Waals surface area contributed by atoms with Crippen LogP contribution in [0.3, 0.4) is 0 Å². The van der Waals surface area contributed by atoms with Gasteiger partial charge in [-0.2, -0.15) is 0 Å². The Kier molecular flexibility index (Phi) is 3.13. The summed E-state index contributed by atoms with van der Waals surface area (Å²) in [6.45, 7) is 0.473. The van der Waals surface area contributed by atoms with Gasteiger partial charge in [-0.25, -0.2) is 0 Å². The lowest BCUT2D eigenvalue weighted by atomic mass is 10.2. The Morgan fingerprint density at radius 1 is 1.10 bits per heavy atom. The van der Waals surface area contributed by atoms with Crippen LogP contribution in [0.2, 0.25) is 0 Å². The molecule has 100 valence electrons. The lowest BCUT2D eigenvalue weighted by molar-refractivity contribution is -0.255. The van der Waals surface area contributed by atoms with Crippen LogP contribution in [-0.2, 0) is 6.61 Å². The number of H-pyrrole nitrogens is 1. The summed E-state index contributed by atoms with van der Waals surface area (Å²) in [7, 11) is 0. The molecular formula is C16H12NO3-. The van der Waals surface area contributed by atoms with E-state index in [1.807, 2.05) is 42.5 Å². The van der Waals surface area contributed by atoms with E-state index in [9.17, 15) is 9.90 Å². The van der Waals surface area contributed by atoms with Gasteiger partial charge < -0.3 is 19.6 Å². The van der Waals surface area contributed by atoms with Crippen LogP contribution in [0.1, 0.15) is 16.1 Å². The number of aromatic nitrogens is 1. The number of hydrogen-bond donors (Lipinski definition) is 1. The number of carboxylic acid groups (broad SMARTS) is 1. The summed E-state index contributed by atoms with van der Waals surface area (Å²) in [5.74, 6) is -0.527. The van der Waals surface area contributed by atoms with E-state index in [-0.39, 0.29) is 5.69 Å². The highest BCUT2D eigenvalue weighted by Gasteiger charge is 2.03. The SMILES string of the molecule is O=C([O-])c1cc2ccc(OCc3ccccc3)cc2[nH]1. The quantitative estimate of drug-likeness (QED) is 0.786. The Labute approximate surface area is 115 Å². The van der Waals surface area contributed by atoms with E-state index < -0.39 is 5.97 Å². The monoisotopic (exact) mass is 266 g/mol. The molecule has 1 N–H and O–H groups in total. The maximum absolute atomic E-state index is 10.8.